The van der Waals surface area contributed by atoms with Gasteiger partial charge in [0.05, 0.1) is 5.92 Å². The van der Waals surface area contributed by atoms with Crippen LogP contribution < -0.4 is 11.1 Å². The molecule has 2 aliphatic rings. The SMILES string of the molecule is NC(=O)N1CCC(NC2CCCC(C(F)(F)F)C2)CC1. The van der Waals surface area contributed by atoms with Gasteiger partial charge in [0, 0.05) is 25.2 Å². The summed E-state index contributed by atoms with van der Waals surface area (Å²) in [7, 11) is 0. The maximum atomic E-state index is 12.7. The first-order chi connectivity index (χ1) is 9.36. The Labute approximate surface area is 116 Å². The van der Waals surface area contributed by atoms with Crippen molar-refractivity contribution >= 4 is 6.03 Å². The maximum Gasteiger partial charge on any atom is 0.391 e. The van der Waals surface area contributed by atoms with Crippen LogP contribution in [0.5, 0.6) is 0 Å². The van der Waals surface area contributed by atoms with Crippen LogP contribution >= 0.6 is 0 Å². The Bertz CT molecular complexity index is 340. The number of nitrogens with one attached hydrogen (secondary N) is 1. The van der Waals surface area contributed by atoms with Crippen LogP contribution in [0.4, 0.5) is 18.0 Å². The monoisotopic (exact) mass is 293 g/mol. The molecule has 2 rings (SSSR count). The smallest absolute Gasteiger partial charge is 0.351 e. The van der Waals surface area contributed by atoms with Gasteiger partial charge in [0.15, 0.2) is 0 Å². The van der Waals surface area contributed by atoms with E-state index < -0.39 is 18.1 Å². The minimum Gasteiger partial charge on any atom is -0.351 e. The van der Waals surface area contributed by atoms with Gasteiger partial charge in [-0.05, 0) is 32.1 Å². The number of primary amides is 1. The van der Waals surface area contributed by atoms with Crippen LogP contribution in [0.3, 0.4) is 0 Å². The highest BCUT2D eigenvalue weighted by Crippen LogP contribution is 2.37. The Morgan fingerprint density at radius 3 is 2.30 bits per heavy atom. The number of hydrogen-bond donors (Lipinski definition) is 2. The number of urea groups is 1. The largest absolute Gasteiger partial charge is 0.391 e. The highest BCUT2D eigenvalue weighted by atomic mass is 19.4. The van der Waals surface area contributed by atoms with Crippen molar-refractivity contribution in [2.75, 3.05) is 13.1 Å². The molecular formula is C13H22F3N3O. The van der Waals surface area contributed by atoms with E-state index in [4.69, 9.17) is 5.73 Å². The molecule has 2 unspecified atom stereocenters. The van der Waals surface area contributed by atoms with Crippen molar-refractivity contribution in [1.29, 1.82) is 0 Å². The molecule has 1 saturated carbocycles. The van der Waals surface area contributed by atoms with E-state index in [1.165, 1.54) is 0 Å². The summed E-state index contributed by atoms with van der Waals surface area (Å²) in [5, 5.41) is 3.34. The number of amides is 2. The number of rotatable bonds is 2. The third-order valence-corrected chi connectivity index (χ3v) is 4.42. The van der Waals surface area contributed by atoms with Gasteiger partial charge in [-0.25, -0.2) is 4.79 Å². The molecule has 2 amide bonds. The van der Waals surface area contributed by atoms with Crippen LogP contribution in [-0.2, 0) is 0 Å². The van der Waals surface area contributed by atoms with Crippen molar-refractivity contribution in [1.82, 2.24) is 10.2 Å². The Hall–Kier alpha value is -0.980. The Balaban J connectivity index is 1.78. The fourth-order valence-corrected chi connectivity index (χ4v) is 3.24. The summed E-state index contributed by atoms with van der Waals surface area (Å²) in [6, 6.07) is -0.277. The first-order valence-corrected chi connectivity index (χ1v) is 7.23. The Morgan fingerprint density at radius 2 is 1.75 bits per heavy atom. The zero-order valence-electron chi connectivity index (χ0n) is 11.5. The van der Waals surface area contributed by atoms with Crippen molar-refractivity contribution in [2.45, 2.75) is 56.8 Å². The number of piperidine rings is 1. The summed E-state index contributed by atoms with van der Waals surface area (Å²) in [5.74, 6) is -1.17. The number of carbonyl (C=O) groups is 1. The average molecular weight is 293 g/mol. The standard InChI is InChI=1S/C13H22F3N3O/c14-13(15,16)9-2-1-3-11(8-9)18-10-4-6-19(7-5-10)12(17)20/h9-11,18H,1-8H2,(H2,17,20). The number of nitrogens with zero attached hydrogens (tertiary/aromatic N) is 1. The summed E-state index contributed by atoms with van der Waals surface area (Å²) in [6.45, 7) is 1.17. The van der Waals surface area contributed by atoms with Crippen molar-refractivity contribution in [2.24, 2.45) is 11.7 Å². The number of halogens is 3. The van der Waals surface area contributed by atoms with Crippen LogP contribution in [0.25, 0.3) is 0 Å². The van der Waals surface area contributed by atoms with Gasteiger partial charge >= 0.3 is 12.2 Å². The lowest BCUT2D eigenvalue weighted by Gasteiger charge is -2.37. The van der Waals surface area contributed by atoms with Gasteiger partial charge in [-0.2, -0.15) is 13.2 Å². The lowest BCUT2D eigenvalue weighted by molar-refractivity contribution is -0.184. The summed E-state index contributed by atoms with van der Waals surface area (Å²) in [4.78, 5) is 12.6. The fraction of sp³-hybridized carbons (Fsp3) is 0.923. The third-order valence-electron chi connectivity index (χ3n) is 4.42. The molecule has 3 N–H and O–H groups in total. The molecule has 116 valence electrons. The van der Waals surface area contributed by atoms with Gasteiger partial charge < -0.3 is 16.0 Å². The van der Waals surface area contributed by atoms with Crippen molar-refractivity contribution < 1.29 is 18.0 Å². The van der Waals surface area contributed by atoms with E-state index in [1.807, 2.05) is 0 Å². The molecule has 1 aliphatic carbocycles. The lowest BCUT2D eigenvalue weighted by Crippen LogP contribution is -2.50. The van der Waals surface area contributed by atoms with E-state index >= 15 is 0 Å². The third kappa shape index (κ3) is 4.01. The molecule has 0 radical (unpaired) electrons. The molecular weight excluding hydrogens is 271 g/mol. The van der Waals surface area contributed by atoms with E-state index in [-0.39, 0.29) is 24.9 Å². The van der Waals surface area contributed by atoms with Gasteiger partial charge in [0.25, 0.3) is 0 Å². The van der Waals surface area contributed by atoms with E-state index in [0.29, 0.717) is 19.5 Å². The highest BCUT2D eigenvalue weighted by molar-refractivity contribution is 5.72. The predicted molar refractivity (Wildman–Crippen MR) is 69.1 cm³/mol. The molecule has 7 heteroatoms. The van der Waals surface area contributed by atoms with E-state index in [9.17, 15) is 18.0 Å². The number of hydrogen-bond acceptors (Lipinski definition) is 2. The molecule has 1 saturated heterocycles. The molecule has 0 aromatic heterocycles. The molecule has 0 aromatic rings. The molecule has 20 heavy (non-hydrogen) atoms. The van der Waals surface area contributed by atoms with Crippen molar-refractivity contribution in [3.8, 4) is 0 Å². The Kier molecular flexibility index (Phi) is 4.78. The number of carbonyl (C=O) groups excluding carboxylic acids is 1. The normalized spacial score (nSPS) is 29.4. The molecule has 2 atom stereocenters. The molecule has 0 bridgehead atoms. The zero-order valence-corrected chi connectivity index (χ0v) is 11.5. The Morgan fingerprint density at radius 1 is 1.10 bits per heavy atom. The first kappa shape index (κ1) is 15.4. The molecule has 0 aromatic carbocycles. The quantitative estimate of drug-likeness (QED) is 0.820. The maximum absolute atomic E-state index is 12.7. The summed E-state index contributed by atoms with van der Waals surface area (Å²) < 4.78 is 38.2. The van der Waals surface area contributed by atoms with Crippen LogP contribution in [0.2, 0.25) is 0 Å². The van der Waals surface area contributed by atoms with Crippen LogP contribution in [-0.4, -0.2) is 42.3 Å². The van der Waals surface area contributed by atoms with Gasteiger partial charge in [0.1, 0.15) is 0 Å². The van der Waals surface area contributed by atoms with Crippen molar-refractivity contribution in [3.63, 3.8) is 0 Å². The molecule has 1 heterocycles. The molecule has 0 spiro atoms. The number of likely N-dealkylation sites (tertiary alicyclic amines) is 1. The molecule has 1 aliphatic heterocycles. The topological polar surface area (TPSA) is 58.4 Å². The molecule has 4 nitrogen and oxygen atoms in total. The summed E-state index contributed by atoms with van der Waals surface area (Å²) in [6.07, 6.45) is -0.687. The minimum atomic E-state index is -4.07. The average Bonchev–Trinajstić information content (AvgIpc) is 2.38. The van der Waals surface area contributed by atoms with Crippen molar-refractivity contribution in [3.05, 3.63) is 0 Å². The zero-order chi connectivity index (χ0) is 14.8. The second kappa shape index (κ2) is 6.20. The minimum absolute atomic E-state index is 0.0551. The van der Waals surface area contributed by atoms with E-state index in [1.54, 1.807) is 4.90 Å². The van der Waals surface area contributed by atoms with E-state index in [2.05, 4.69) is 5.32 Å². The second-order valence-electron chi connectivity index (χ2n) is 5.87. The summed E-state index contributed by atoms with van der Waals surface area (Å²) in [5.41, 5.74) is 5.20. The van der Waals surface area contributed by atoms with Gasteiger partial charge in [0.2, 0.25) is 0 Å². The van der Waals surface area contributed by atoms with Crippen LogP contribution in [0, 0.1) is 5.92 Å². The van der Waals surface area contributed by atoms with Crippen LogP contribution in [0.1, 0.15) is 38.5 Å². The lowest BCUT2D eigenvalue weighted by atomic mass is 9.84. The fourth-order valence-electron chi connectivity index (χ4n) is 3.24. The van der Waals surface area contributed by atoms with Gasteiger partial charge in [-0.15, -0.1) is 0 Å². The second-order valence-corrected chi connectivity index (χ2v) is 5.87. The van der Waals surface area contributed by atoms with Crippen LogP contribution in [0.15, 0.2) is 0 Å². The van der Waals surface area contributed by atoms with E-state index in [0.717, 1.165) is 19.3 Å². The highest BCUT2D eigenvalue weighted by Gasteiger charge is 2.42. The predicted octanol–water partition coefficient (Wildman–Crippen LogP) is 2.24. The molecule has 2 fully saturated rings. The number of nitrogens with two attached hydrogens (primary N) is 1. The van der Waals surface area contributed by atoms with Gasteiger partial charge in [-0.1, -0.05) is 6.42 Å². The number of alkyl halides is 3. The van der Waals surface area contributed by atoms with Gasteiger partial charge in [-0.3, -0.25) is 0 Å². The summed E-state index contributed by atoms with van der Waals surface area (Å²) >= 11 is 0. The first-order valence-electron chi connectivity index (χ1n) is 7.23.